The molecule has 0 unspecified atom stereocenters. The molecule has 0 spiro atoms. The Morgan fingerprint density at radius 2 is 1.95 bits per heavy atom. The molecule has 5 nitrogen and oxygen atoms in total. The molecular weight excluding hydrogens is 280 g/mol. The Labute approximate surface area is 132 Å². The molecule has 0 N–H and O–H groups in total. The van der Waals surface area contributed by atoms with E-state index in [9.17, 15) is 4.79 Å². The molecule has 22 heavy (non-hydrogen) atoms. The van der Waals surface area contributed by atoms with E-state index in [0.29, 0.717) is 19.7 Å². The molecule has 0 saturated carbocycles. The van der Waals surface area contributed by atoms with Gasteiger partial charge in [0.1, 0.15) is 5.60 Å². The molecule has 122 valence electrons. The maximum Gasteiger partial charge on any atom is 0.410 e. The highest BCUT2D eigenvalue weighted by Crippen LogP contribution is 2.18. The Bertz CT molecular complexity index is 517. The highest BCUT2D eigenvalue weighted by Gasteiger charge is 2.30. The van der Waals surface area contributed by atoms with Crippen LogP contribution < -0.4 is 0 Å². The Kier molecular flexibility index (Phi) is 5.06. The third kappa shape index (κ3) is 4.98. The quantitative estimate of drug-likeness (QED) is 0.860. The Morgan fingerprint density at radius 3 is 2.55 bits per heavy atom. The van der Waals surface area contributed by atoms with Crippen molar-refractivity contribution in [1.29, 1.82) is 0 Å². The SMILES string of the molecule is Cc1cc(CO[C@H]2CCN(C(=O)OC(C)(C)C)C2)cc(C)n1. The van der Waals surface area contributed by atoms with Crippen molar-refractivity contribution < 1.29 is 14.3 Å². The second-order valence-corrected chi connectivity index (χ2v) is 6.91. The number of hydrogen-bond acceptors (Lipinski definition) is 4. The second kappa shape index (κ2) is 6.65. The van der Waals surface area contributed by atoms with Gasteiger partial charge in [-0.05, 0) is 58.7 Å². The van der Waals surface area contributed by atoms with Crippen molar-refractivity contribution in [1.82, 2.24) is 9.88 Å². The van der Waals surface area contributed by atoms with Crippen LogP contribution in [0, 0.1) is 13.8 Å². The number of likely N-dealkylation sites (tertiary alicyclic amines) is 1. The van der Waals surface area contributed by atoms with E-state index in [0.717, 1.165) is 23.4 Å². The highest BCUT2D eigenvalue weighted by molar-refractivity contribution is 5.68. The zero-order valence-corrected chi connectivity index (χ0v) is 14.2. The van der Waals surface area contributed by atoms with Gasteiger partial charge < -0.3 is 14.4 Å². The topological polar surface area (TPSA) is 51.7 Å². The van der Waals surface area contributed by atoms with E-state index in [4.69, 9.17) is 9.47 Å². The van der Waals surface area contributed by atoms with E-state index in [1.54, 1.807) is 4.90 Å². The predicted molar refractivity (Wildman–Crippen MR) is 84.7 cm³/mol. The van der Waals surface area contributed by atoms with Gasteiger partial charge in [-0.15, -0.1) is 0 Å². The number of ether oxygens (including phenoxy) is 2. The van der Waals surface area contributed by atoms with Crippen molar-refractivity contribution in [2.24, 2.45) is 0 Å². The summed E-state index contributed by atoms with van der Waals surface area (Å²) in [6.07, 6.45) is 0.665. The summed E-state index contributed by atoms with van der Waals surface area (Å²) in [5.41, 5.74) is 2.67. The largest absolute Gasteiger partial charge is 0.444 e. The van der Waals surface area contributed by atoms with Crippen LogP contribution in [0.4, 0.5) is 4.79 Å². The molecule has 1 saturated heterocycles. The zero-order chi connectivity index (χ0) is 16.3. The van der Waals surface area contributed by atoms with Crippen LogP contribution in [0.2, 0.25) is 0 Å². The number of hydrogen-bond donors (Lipinski definition) is 0. The van der Waals surface area contributed by atoms with Gasteiger partial charge in [0.25, 0.3) is 0 Å². The van der Waals surface area contributed by atoms with Crippen LogP contribution >= 0.6 is 0 Å². The van der Waals surface area contributed by atoms with E-state index in [1.807, 2.05) is 46.8 Å². The van der Waals surface area contributed by atoms with Crippen molar-refractivity contribution in [3.63, 3.8) is 0 Å². The van der Waals surface area contributed by atoms with Crippen LogP contribution in [-0.4, -0.2) is 40.8 Å². The molecule has 0 aliphatic carbocycles. The van der Waals surface area contributed by atoms with Gasteiger partial charge in [-0.1, -0.05) is 0 Å². The average Bonchev–Trinajstić information content (AvgIpc) is 2.82. The van der Waals surface area contributed by atoms with E-state index >= 15 is 0 Å². The highest BCUT2D eigenvalue weighted by atomic mass is 16.6. The van der Waals surface area contributed by atoms with Gasteiger partial charge >= 0.3 is 6.09 Å². The number of carbonyl (C=O) groups excluding carboxylic acids is 1. The van der Waals surface area contributed by atoms with Crippen molar-refractivity contribution in [2.75, 3.05) is 13.1 Å². The zero-order valence-electron chi connectivity index (χ0n) is 14.2. The fourth-order valence-corrected chi connectivity index (χ4v) is 2.57. The van der Waals surface area contributed by atoms with Crippen LogP contribution in [0.15, 0.2) is 12.1 Å². The monoisotopic (exact) mass is 306 g/mol. The number of nitrogens with zero attached hydrogens (tertiary/aromatic N) is 2. The normalized spacial score (nSPS) is 18.6. The van der Waals surface area contributed by atoms with Crippen LogP contribution in [0.25, 0.3) is 0 Å². The molecule has 1 aromatic heterocycles. The van der Waals surface area contributed by atoms with Crippen molar-refractivity contribution in [2.45, 2.75) is 59.4 Å². The molecule has 1 fully saturated rings. The summed E-state index contributed by atoms with van der Waals surface area (Å²) in [5.74, 6) is 0. The van der Waals surface area contributed by atoms with E-state index < -0.39 is 5.60 Å². The number of rotatable bonds is 3. The minimum absolute atomic E-state index is 0.0706. The molecule has 5 heteroatoms. The van der Waals surface area contributed by atoms with Gasteiger partial charge in [0.05, 0.1) is 19.3 Å². The molecule has 0 radical (unpaired) electrons. The minimum atomic E-state index is -0.456. The molecule has 2 heterocycles. The van der Waals surface area contributed by atoms with Crippen molar-refractivity contribution >= 4 is 6.09 Å². The fourth-order valence-electron chi connectivity index (χ4n) is 2.57. The number of pyridine rings is 1. The lowest BCUT2D eigenvalue weighted by Crippen LogP contribution is -2.36. The van der Waals surface area contributed by atoms with Crippen LogP contribution in [0.5, 0.6) is 0 Å². The van der Waals surface area contributed by atoms with Crippen molar-refractivity contribution in [3.8, 4) is 0 Å². The molecule has 1 atom stereocenters. The summed E-state index contributed by atoms with van der Waals surface area (Å²) in [6, 6.07) is 4.07. The second-order valence-electron chi connectivity index (χ2n) is 6.91. The first-order valence-electron chi connectivity index (χ1n) is 7.76. The third-order valence-corrected chi connectivity index (χ3v) is 3.42. The molecule has 1 aliphatic rings. The maximum atomic E-state index is 12.0. The minimum Gasteiger partial charge on any atom is -0.444 e. The number of aryl methyl sites for hydroxylation is 2. The summed E-state index contributed by atoms with van der Waals surface area (Å²) < 4.78 is 11.3. The number of amides is 1. The lowest BCUT2D eigenvalue weighted by molar-refractivity contribution is 0.0184. The summed E-state index contributed by atoms with van der Waals surface area (Å²) in [6.45, 7) is 11.4. The Morgan fingerprint density at radius 1 is 1.32 bits per heavy atom. The Balaban J connectivity index is 1.82. The van der Waals surface area contributed by atoms with E-state index in [-0.39, 0.29) is 12.2 Å². The molecule has 1 aliphatic heterocycles. The lowest BCUT2D eigenvalue weighted by Gasteiger charge is -2.24. The molecule has 0 aromatic carbocycles. The van der Waals surface area contributed by atoms with Crippen LogP contribution in [-0.2, 0) is 16.1 Å². The van der Waals surface area contributed by atoms with Crippen LogP contribution in [0.3, 0.4) is 0 Å². The van der Waals surface area contributed by atoms with Gasteiger partial charge in [0.2, 0.25) is 0 Å². The molecule has 1 amide bonds. The summed E-state index contributed by atoms with van der Waals surface area (Å²) >= 11 is 0. The molecule has 2 rings (SSSR count). The average molecular weight is 306 g/mol. The standard InChI is InChI=1S/C17H26N2O3/c1-12-8-14(9-13(2)18-12)11-21-15-6-7-19(10-15)16(20)22-17(3,4)5/h8-9,15H,6-7,10-11H2,1-5H3/t15-/m0/s1. The summed E-state index contributed by atoms with van der Waals surface area (Å²) in [7, 11) is 0. The smallest absolute Gasteiger partial charge is 0.410 e. The first-order chi connectivity index (χ1) is 10.2. The predicted octanol–water partition coefficient (Wildman–Crippen LogP) is 3.22. The van der Waals surface area contributed by atoms with E-state index in [2.05, 4.69) is 4.98 Å². The third-order valence-electron chi connectivity index (χ3n) is 3.42. The fraction of sp³-hybridized carbons (Fsp3) is 0.647. The molecule has 1 aromatic rings. The first kappa shape index (κ1) is 16.7. The van der Waals surface area contributed by atoms with Gasteiger partial charge in [-0.3, -0.25) is 4.98 Å². The summed E-state index contributed by atoms with van der Waals surface area (Å²) in [5, 5.41) is 0. The van der Waals surface area contributed by atoms with Gasteiger partial charge in [-0.25, -0.2) is 4.79 Å². The van der Waals surface area contributed by atoms with Gasteiger partial charge in [0.15, 0.2) is 0 Å². The number of carbonyl (C=O) groups is 1. The van der Waals surface area contributed by atoms with Gasteiger partial charge in [0, 0.05) is 17.9 Å². The van der Waals surface area contributed by atoms with Crippen LogP contribution in [0.1, 0.15) is 44.1 Å². The first-order valence-corrected chi connectivity index (χ1v) is 7.76. The Hall–Kier alpha value is -1.62. The van der Waals surface area contributed by atoms with Gasteiger partial charge in [-0.2, -0.15) is 0 Å². The summed E-state index contributed by atoms with van der Waals surface area (Å²) in [4.78, 5) is 18.1. The molecular formula is C17H26N2O3. The maximum absolute atomic E-state index is 12.0. The number of aromatic nitrogens is 1. The lowest BCUT2D eigenvalue weighted by atomic mass is 10.2. The molecule has 0 bridgehead atoms. The van der Waals surface area contributed by atoms with E-state index in [1.165, 1.54) is 0 Å². The van der Waals surface area contributed by atoms with Crippen molar-refractivity contribution in [3.05, 3.63) is 29.1 Å².